The number of rotatable bonds is 4. The van der Waals surface area contributed by atoms with Crippen molar-refractivity contribution in [3.05, 3.63) is 54.6 Å². The molecule has 0 spiro atoms. The molecule has 1 N–H and O–H groups in total. The number of carboxylic acids is 1. The van der Waals surface area contributed by atoms with E-state index in [-0.39, 0.29) is 24.2 Å². The zero-order chi connectivity index (χ0) is 23.1. The minimum Gasteiger partial charge on any atom is -0.489 e. The standard InChI is InChI=1S/C19H21N3O3.C2HF3O2/c23-19(16-5-1-2-10-21-16)22-11-8-18-17(22)7-6-15(25-18)13-24-14-4-3-9-20-12-14;3-2(4,5)1(6)7/h1-5,9-10,12,15,17-18H,6-8,11,13H2;(H,6,7)/t15-,17+,18+;/m1./s1. The maximum Gasteiger partial charge on any atom is 0.490 e. The Morgan fingerprint density at radius 1 is 1.16 bits per heavy atom. The van der Waals surface area contributed by atoms with Gasteiger partial charge in [-0.2, -0.15) is 13.2 Å². The Morgan fingerprint density at radius 2 is 1.94 bits per heavy atom. The molecule has 32 heavy (non-hydrogen) atoms. The van der Waals surface area contributed by atoms with Crippen molar-refractivity contribution < 1.29 is 37.3 Å². The van der Waals surface area contributed by atoms with Crippen molar-refractivity contribution in [3.63, 3.8) is 0 Å². The molecule has 0 unspecified atom stereocenters. The summed E-state index contributed by atoms with van der Waals surface area (Å²) in [5, 5.41) is 7.12. The average molecular weight is 453 g/mol. The van der Waals surface area contributed by atoms with Crippen LogP contribution in [0.25, 0.3) is 0 Å². The molecule has 2 aromatic rings. The first kappa shape index (κ1) is 23.5. The van der Waals surface area contributed by atoms with E-state index >= 15 is 0 Å². The number of carbonyl (C=O) groups excluding carboxylic acids is 1. The van der Waals surface area contributed by atoms with Gasteiger partial charge in [-0.05, 0) is 43.5 Å². The van der Waals surface area contributed by atoms with E-state index in [0.29, 0.717) is 12.3 Å². The van der Waals surface area contributed by atoms with Crippen molar-refractivity contribution in [2.45, 2.75) is 43.7 Å². The summed E-state index contributed by atoms with van der Waals surface area (Å²) in [7, 11) is 0. The fourth-order valence-corrected chi connectivity index (χ4v) is 3.63. The van der Waals surface area contributed by atoms with E-state index in [1.165, 1.54) is 0 Å². The lowest BCUT2D eigenvalue weighted by Crippen LogP contribution is -2.46. The third kappa shape index (κ3) is 6.16. The molecule has 0 aliphatic carbocycles. The van der Waals surface area contributed by atoms with Crippen LogP contribution in [0, 0.1) is 0 Å². The summed E-state index contributed by atoms with van der Waals surface area (Å²) < 4.78 is 43.7. The van der Waals surface area contributed by atoms with Crippen LogP contribution >= 0.6 is 0 Å². The second-order valence-corrected chi connectivity index (χ2v) is 7.25. The van der Waals surface area contributed by atoms with E-state index < -0.39 is 12.1 Å². The lowest BCUT2D eigenvalue weighted by atomic mass is 9.99. The van der Waals surface area contributed by atoms with Gasteiger partial charge in [-0.15, -0.1) is 0 Å². The maximum atomic E-state index is 12.7. The Labute approximate surface area is 182 Å². The Hall–Kier alpha value is -3.21. The molecule has 0 saturated carbocycles. The van der Waals surface area contributed by atoms with E-state index in [4.69, 9.17) is 19.4 Å². The molecular formula is C21H22F3N3O5. The van der Waals surface area contributed by atoms with Crippen LogP contribution in [0.1, 0.15) is 29.8 Å². The number of fused-ring (bicyclic) bond motifs is 1. The smallest absolute Gasteiger partial charge is 0.489 e. The van der Waals surface area contributed by atoms with Crippen molar-refractivity contribution in [2.24, 2.45) is 0 Å². The summed E-state index contributed by atoms with van der Waals surface area (Å²) in [5.74, 6) is -2.00. The molecular weight excluding hydrogens is 431 g/mol. The zero-order valence-electron chi connectivity index (χ0n) is 16.9. The monoisotopic (exact) mass is 453 g/mol. The highest BCUT2D eigenvalue weighted by Gasteiger charge is 2.42. The van der Waals surface area contributed by atoms with Crippen molar-refractivity contribution >= 4 is 11.9 Å². The first-order valence-electron chi connectivity index (χ1n) is 9.96. The summed E-state index contributed by atoms with van der Waals surface area (Å²) >= 11 is 0. The maximum absolute atomic E-state index is 12.7. The number of halogens is 3. The van der Waals surface area contributed by atoms with Gasteiger partial charge in [0.05, 0.1) is 24.4 Å². The molecule has 0 radical (unpaired) electrons. The number of aromatic nitrogens is 2. The first-order chi connectivity index (χ1) is 15.3. The first-order valence-corrected chi connectivity index (χ1v) is 9.96. The van der Waals surface area contributed by atoms with Crippen molar-refractivity contribution in [3.8, 4) is 5.75 Å². The molecule has 2 saturated heterocycles. The third-order valence-corrected chi connectivity index (χ3v) is 5.09. The van der Waals surface area contributed by atoms with Gasteiger partial charge in [0, 0.05) is 18.9 Å². The predicted molar refractivity (Wildman–Crippen MR) is 105 cm³/mol. The van der Waals surface area contributed by atoms with Crippen LogP contribution in [-0.4, -0.2) is 69.4 Å². The highest BCUT2D eigenvalue weighted by Crippen LogP contribution is 2.32. The van der Waals surface area contributed by atoms with Gasteiger partial charge in [0.15, 0.2) is 0 Å². The summed E-state index contributed by atoms with van der Waals surface area (Å²) in [5.41, 5.74) is 0.505. The van der Waals surface area contributed by atoms with Crippen LogP contribution in [0.4, 0.5) is 13.2 Å². The van der Waals surface area contributed by atoms with Crippen LogP contribution in [0.2, 0.25) is 0 Å². The Kier molecular flexibility index (Phi) is 7.62. The molecule has 1 amide bonds. The van der Waals surface area contributed by atoms with Gasteiger partial charge >= 0.3 is 12.1 Å². The zero-order valence-corrected chi connectivity index (χ0v) is 16.9. The SMILES string of the molecule is O=C(O)C(F)(F)F.O=C(c1ccccn1)N1CC[C@@H]2O[C@@H](COc3cccnc3)CC[C@@H]21. The number of hydrogen-bond acceptors (Lipinski definition) is 6. The van der Waals surface area contributed by atoms with Crippen LogP contribution in [0.5, 0.6) is 5.75 Å². The molecule has 172 valence electrons. The van der Waals surface area contributed by atoms with Crippen molar-refractivity contribution in [1.29, 1.82) is 0 Å². The fraction of sp³-hybridized carbons (Fsp3) is 0.429. The summed E-state index contributed by atoms with van der Waals surface area (Å²) in [6, 6.07) is 9.32. The third-order valence-electron chi connectivity index (χ3n) is 5.09. The van der Waals surface area contributed by atoms with E-state index in [2.05, 4.69) is 9.97 Å². The average Bonchev–Trinajstić information content (AvgIpc) is 3.21. The van der Waals surface area contributed by atoms with E-state index in [1.54, 1.807) is 24.7 Å². The van der Waals surface area contributed by atoms with Gasteiger partial charge in [-0.25, -0.2) is 4.79 Å². The van der Waals surface area contributed by atoms with Gasteiger partial charge in [0.1, 0.15) is 18.1 Å². The molecule has 2 aliphatic heterocycles. The normalized spacial score (nSPS) is 22.3. The number of nitrogens with zero attached hydrogens (tertiary/aromatic N) is 3. The molecule has 3 atom stereocenters. The van der Waals surface area contributed by atoms with E-state index in [0.717, 1.165) is 31.6 Å². The Morgan fingerprint density at radius 3 is 2.56 bits per heavy atom. The van der Waals surface area contributed by atoms with Gasteiger partial charge in [0.25, 0.3) is 5.91 Å². The van der Waals surface area contributed by atoms with Gasteiger partial charge in [-0.3, -0.25) is 14.8 Å². The summed E-state index contributed by atoms with van der Waals surface area (Å²) in [4.78, 5) is 31.7. The van der Waals surface area contributed by atoms with E-state index in [1.807, 2.05) is 29.2 Å². The molecule has 11 heteroatoms. The van der Waals surface area contributed by atoms with Crippen LogP contribution < -0.4 is 4.74 Å². The fourth-order valence-electron chi connectivity index (χ4n) is 3.63. The number of pyridine rings is 2. The number of amides is 1. The number of ether oxygens (including phenoxy) is 2. The summed E-state index contributed by atoms with van der Waals surface area (Å²) in [6.45, 7) is 1.24. The second kappa shape index (κ2) is 10.4. The minimum absolute atomic E-state index is 0.00163. The van der Waals surface area contributed by atoms with E-state index in [9.17, 15) is 18.0 Å². The quantitative estimate of drug-likeness (QED) is 0.760. The van der Waals surface area contributed by atoms with Gasteiger partial charge in [0.2, 0.25) is 0 Å². The summed E-state index contributed by atoms with van der Waals surface area (Å²) in [6.07, 6.45) is 2.83. The lowest BCUT2D eigenvalue weighted by Gasteiger charge is -2.35. The van der Waals surface area contributed by atoms with Gasteiger partial charge in [-0.1, -0.05) is 6.07 Å². The molecule has 2 fully saturated rings. The number of carbonyl (C=O) groups is 2. The highest BCUT2D eigenvalue weighted by molar-refractivity contribution is 5.92. The molecule has 0 aromatic carbocycles. The molecule has 0 bridgehead atoms. The van der Waals surface area contributed by atoms with Crippen molar-refractivity contribution in [2.75, 3.05) is 13.2 Å². The molecule has 2 aromatic heterocycles. The molecule has 2 aliphatic rings. The largest absolute Gasteiger partial charge is 0.490 e. The topological polar surface area (TPSA) is 102 Å². The molecule has 4 rings (SSSR count). The lowest BCUT2D eigenvalue weighted by molar-refractivity contribution is -0.192. The predicted octanol–water partition coefficient (Wildman–Crippen LogP) is 2.95. The number of alkyl halides is 3. The number of hydrogen-bond donors (Lipinski definition) is 1. The number of aliphatic carboxylic acids is 1. The van der Waals surface area contributed by atoms with Gasteiger partial charge < -0.3 is 19.5 Å². The minimum atomic E-state index is -5.08. The van der Waals surface area contributed by atoms with Crippen molar-refractivity contribution in [1.82, 2.24) is 14.9 Å². The number of likely N-dealkylation sites (tertiary alicyclic amines) is 1. The number of carboxylic acid groups (broad SMARTS) is 1. The van der Waals surface area contributed by atoms with Crippen LogP contribution in [-0.2, 0) is 9.53 Å². The highest BCUT2D eigenvalue weighted by atomic mass is 19.4. The second-order valence-electron chi connectivity index (χ2n) is 7.25. The van der Waals surface area contributed by atoms with Crippen LogP contribution in [0.3, 0.4) is 0 Å². The molecule has 8 nitrogen and oxygen atoms in total. The molecule has 4 heterocycles. The Balaban J connectivity index is 0.000000360. The Bertz CT molecular complexity index is 899. The van der Waals surface area contributed by atoms with Crippen LogP contribution in [0.15, 0.2) is 48.9 Å².